The van der Waals surface area contributed by atoms with Gasteiger partial charge in [-0.05, 0) is 25.5 Å². The minimum Gasteiger partial charge on any atom is -0.431 e. The van der Waals surface area contributed by atoms with Crippen LogP contribution in [0.25, 0.3) is 0 Å². The molecular weight excluding hydrogens is 252 g/mol. The highest BCUT2D eigenvalue weighted by Crippen LogP contribution is 2.38. The maximum absolute atomic E-state index is 11.7. The van der Waals surface area contributed by atoms with Gasteiger partial charge in [-0.25, -0.2) is 0 Å². The van der Waals surface area contributed by atoms with Crippen LogP contribution >= 0.6 is 11.6 Å². The average molecular weight is 265 g/mol. The Hall–Kier alpha value is -1.61. The van der Waals surface area contributed by atoms with E-state index in [-0.39, 0.29) is 24.1 Å². The zero-order valence-electron chi connectivity index (χ0n) is 10.2. The number of esters is 1. The molecular formula is C14H13ClO3. The number of ether oxygens (including phenoxy) is 1. The van der Waals surface area contributed by atoms with Crippen molar-refractivity contribution in [3.63, 3.8) is 0 Å². The van der Waals surface area contributed by atoms with Gasteiger partial charge in [0.15, 0.2) is 5.78 Å². The molecule has 1 aromatic carbocycles. The third-order valence-electron chi connectivity index (χ3n) is 3.03. The van der Waals surface area contributed by atoms with Crippen molar-refractivity contribution in [1.82, 2.24) is 0 Å². The summed E-state index contributed by atoms with van der Waals surface area (Å²) in [5, 5.41) is 0.559. The standard InChI is InChI=1S/C14H13ClO3/c1-8(16)14-9(2)18-13(17)7-11(14)10-5-3-4-6-12(10)15/h3-6,11H,7H2,1-2H3/t11-/m1/s1. The van der Waals surface area contributed by atoms with Crippen molar-refractivity contribution < 1.29 is 14.3 Å². The molecule has 1 aliphatic heterocycles. The second-order valence-electron chi connectivity index (χ2n) is 4.28. The number of carbonyl (C=O) groups is 2. The number of halogens is 1. The molecule has 0 spiro atoms. The van der Waals surface area contributed by atoms with Crippen LogP contribution in [0, 0.1) is 0 Å². The smallest absolute Gasteiger partial charge is 0.311 e. The zero-order chi connectivity index (χ0) is 13.3. The molecule has 18 heavy (non-hydrogen) atoms. The summed E-state index contributed by atoms with van der Waals surface area (Å²) in [6.45, 7) is 3.11. The molecule has 1 atom stereocenters. The summed E-state index contributed by atoms with van der Waals surface area (Å²) in [5.41, 5.74) is 1.32. The quantitative estimate of drug-likeness (QED) is 0.770. The summed E-state index contributed by atoms with van der Waals surface area (Å²) in [7, 11) is 0. The van der Waals surface area contributed by atoms with Gasteiger partial charge >= 0.3 is 5.97 Å². The van der Waals surface area contributed by atoms with Gasteiger partial charge in [0.2, 0.25) is 0 Å². The molecule has 0 fully saturated rings. The van der Waals surface area contributed by atoms with Gasteiger partial charge < -0.3 is 4.74 Å². The summed E-state index contributed by atoms with van der Waals surface area (Å²) >= 11 is 6.14. The Labute approximate surface area is 110 Å². The van der Waals surface area contributed by atoms with Crippen LogP contribution in [0.2, 0.25) is 5.02 Å². The summed E-state index contributed by atoms with van der Waals surface area (Å²) < 4.78 is 5.03. The first kappa shape index (κ1) is 12.8. The molecule has 2 rings (SSSR count). The number of rotatable bonds is 2. The fourth-order valence-corrected chi connectivity index (χ4v) is 2.57. The molecule has 3 nitrogen and oxygen atoms in total. The van der Waals surface area contributed by atoms with E-state index in [1.54, 1.807) is 13.0 Å². The normalized spacial score (nSPS) is 19.7. The fourth-order valence-electron chi connectivity index (χ4n) is 2.30. The van der Waals surface area contributed by atoms with Crippen LogP contribution in [0.15, 0.2) is 35.6 Å². The van der Waals surface area contributed by atoms with Crippen LogP contribution in [0.4, 0.5) is 0 Å². The maximum Gasteiger partial charge on any atom is 0.311 e. The van der Waals surface area contributed by atoms with E-state index in [4.69, 9.17) is 16.3 Å². The van der Waals surface area contributed by atoms with Gasteiger partial charge in [0.25, 0.3) is 0 Å². The molecule has 0 saturated heterocycles. The Morgan fingerprint density at radius 3 is 2.67 bits per heavy atom. The lowest BCUT2D eigenvalue weighted by molar-refractivity contribution is -0.141. The molecule has 0 unspecified atom stereocenters. The van der Waals surface area contributed by atoms with Crippen LogP contribution in [0.1, 0.15) is 31.7 Å². The monoisotopic (exact) mass is 264 g/mol. The van der Waals surface area contributed by atoms with Crippen LogP contribution in [0.3, 0.4) is 0 Å². The van der Waals surface area contributed by atoms with Gasteiger partial charge in [-0.3, -0.25) is 9.59 Å². The van der Waals surface area contributed by atoms with Gasteiger partial charge in [0.1, 0.15) is 5.76 Å². The van der Waals surface area contributed by atoms with Crippen molar-refractivity contribution in [3.8, 4) is 0 Å². The predicted octanol–water partition coefficient (Wildman–Crippen LogP) is 3.23. The van der Waals surface area contributed by atoms with E-state index in [2.05, 4.69) is 0 Å². The molecule has 0 saturated carbocycles. The SMILES string of the molecule is CC(=O)C1=C(C)OC(=O)C[C@@H]1c1ccccc1Cl. The highest BCUT2D eigenvalue weighted by atomic mass is 35.5. The van der Waals surface area contributed by atoms with Crippen molar-refractivity contribution in [2.45, 2.75) is 26.2 Å². The molecule has 0 aliphatic carbocycles. The van der Waals surface area contributed by atoms with Gasteiger partial charge in [-0.1, -0.05) is 29.8 Å². The highest BCUT2D eigenvalue weighted by molar-refractivity contribution is 6.31. The molecule has 0 radical (unpaired) electrons. The van der Waals surface area contributed by atoms with Crippen molar-refractivity contribution >= 4 is 23.4 Å². The zero-order valence-corrected chi connectivity index (χ0v) is 11.0. The van der Waals surface area contributed by atoms with Crippen molar-refractivity contribution in [3.05, 3.63) is 46.2 Å². The van der Waals surface area contributed by atoms with E-state index in [1.807, 2.05) is 18.2 Å². The minimum absolute atomic E-state index is 0.0927. The Bertz CT molecular complexity index is 546. The van der Waals surface area contributed by atoms with E-state index in [1.165, 1.54) is 6.92 Å². The molecule has 1 aliphatic rings. The first-order valence-corrected chi connectivity index (χ1v) is 6.05. The number of ketones is 1. The summed E-state index contributed by atoms with van der Waals surface area (Å²) in [5.74, 6) is -0.353. The Balaban J connectivity index is 2.54. The van der Waals surface area contributed by atoms with Gasteiger partial charge in [-0.2, -0.15) is 0 Å². The Morgan fingerprint density at radius 1 is 1.39 bits per heavy atom. The molecule has 94 valence electrons. The molecule has 4 heteroatoms. The molecule has 0 N–H and O–H groups in total. The van der Waals surface area contributed by atoms with Gasteiger partial charge in [0.05, 0.1) is 6.42 Å². The summed E-state index contributed by atoms with van der Waals surface area (Å²) in [6.07, 6.45) is 0.149. The van der Waals surface area contributed by atoms with Crippen molar-refractivity contribution in [2.24, 2.45) is 0 Å². The summed E-state index contributed by atoms with van der Waals surface area (Å²) in [4.78, 5) is 23.2. The molecule has 1 heterocycles. The van der Waals surface area contributed by atoms with Gasteiger partial charge in [0, 0.05) is 16.5 Å². The number of Topliss-reactive ketones (excluding diaryl/α,β-unsaturated/α-hetero) is 1. The third kappa shape index (κ3) is 2.31. The van der Waals surface area contributed by atoms with E-state index in [9.17, 15) is 9.59 Å². The predicted molar refractivity (Wildman–Crippen MR) is 68.3 cm³/mol. The number of allylic oxidation sites excluding steroid dienone is 2. The largest absolute Gasteiger partial charge is 0.431 e. The van der Waals surface area contributed by atoms with Crippen molar-refractivity contribution in [1.29, 1.82) is 0 Å². The average Bonchev–Trinajstić information content (AvgIpc) is 2.27. The number of cyclic esters (lactones) is 1. The topological polar surface area (TPSA) is 43.4 Å². The number of hydrogen-bond donors (Lipinski definition) is 0. The maximum atomic E-state index is 11.7. The lowest BCUT2D eigenvalue weighted by Crippen LogP contribution is -2.23. The first-order valence-electron chi connectivity index (χ1n) is 5.67. The second-order valence-corrected chi connectivity index (χ2v) is 4.69. The van der Waals surface area contributed by atoms with Crippen LogP contribution < -0.4 is 0 Å². The van der Waals surface area contributed by atoms with Crippen LogP contribution in [-0.4, -0.2) is 11.8 Å². The van der Waals surface area contributed by atoms with E-state index >= 15 is 0 Å². The number of carbonyl (C=O) groups excluding carboxylic acids is 2. The molecule has 0 bridgehead atoms. The van der Waals surface area contributed by atoms with E-state index in [0.29, 0.717) is 16.4 Å². The van der Waals surface area contributed by atoms with E-state index in [0.717, 1.165) is 5.56 Å². The molecule has 0 amide bonds. The lowest BCUT2D eigenvalue weighted by Gasteiger charge is -2.25. The lowest BCUT2D eigenvalue weighted by atomic mass is 9.84. The van der Waals surface area contributed by atoms with E-state index < -0.39 is 0 Å². The fraction of sp³-hybridized carbons (Fsp3) is 0.286. The third-order valence-corrected chi connectivity index (χ3v) is 3.37. The number of benzene rings is 1. The highest BCUT2D eigenvalue weighted by Gasteiger charge is 2.32. The number of hydrogen-bond acceptors (Lipinski definition) is 3. The van der Waals surface area contributed by atoms with Crippen molar-refractivity contribution in [2.75, 3.05) is 0 Å². The van der Waals surface area contributed by atoms with Gasteiger partial charge in [-0.15, -0.1) is 0 Å². The minimum atomic E-state index is -0.331. The van der Waals surface area contributed by atoms with Crippen LogP contribution in [0.5, 0.6) is 0 Å². The second kappa shape index (κ2) is 4.94. The van der Waals surface area contributed by atoms with Crippen LogP contribution in [-0.2, 0) is 14.3 Å². The Kier molecular flexibility index (Phi) is 3.53. The molecule has 1 aromatic rings. The Morgan fingerprint density at radius 2 is 2.06 bits per heavy atom. The first-order chi connectivity index (χ1) is 8.50. The molecule has 0 aromatic heterocycles. The summed E-state index contributed by atoms with van der Waals surface area (Å²) in [6, 6.07) is 7.25.